The van der Waals surface area contributed by atoms with E-state index >= 15 is 0 Å². The Kier molecular flexibility index (Phi) is 7.30. The zero-order valence-corrected chi connectivity index (χ0v) is 19.7. The highest BCUT2D eigenvalue weighted by molar-refractivity contribution is 6.56. The maximum absolute atomic E-state index is 12.3. The number of carbonyl (C=O) groups is 2. The van der Waals surface area contributed by atoms with E-state index in [0.29, 0.717) is 11.0 Å². The van der Waals surface area contributed by atoms with Crippen LogP contribution in [0.4, 0.5) is 4.79 Å². The van der Waals surface area contributed by atoms with Crippen LogP contribution in [0.1, 0.15) is 54.7 Å². The smallest absolute Gasteiger partial charge is 0.478 e. The summed E-state index contributed by atoms with van der Waals surface area (Å²) in [7, 11) is -0.711. The van der Waals surface area contributed by atoms with Crippen molar-refractivity contribution in [3.8, 4) is 0 Å². The summed E-state index contributed by atoms with van der Waals surface area (Å²) in [4.78, 5) is 23.8. The predicted molar refractivity (Wildman–Crippen MR) is 127 cm³/mol. The molecule has 8 heteroatoms. The molecule has 2 N–H and O–H groups in total. The van der Waals surface area contributed by atoms with Gasteiger partial charge < -0.3 is 24.5 Å². The first-order valence-electron chi connectivity index (χ1n) is 10.8. The van der Waals surface area contributed by atoms with Gasteiger partial charge in [-0.05, 0) is 68.9 Å². The highest BCUT2D eigenvalue weighted by atomic mass is 16.7. The molecule has 1 aliphatic rings. The summed E-state index contributed by atoms with van der Waals surface area (Å²) in [5.41, 5.74) is 2.17. The lowest BCUT2D eigenvalue weighted by molar-refractivity contribution is 0.00578. The monoisotopic (exact) mass is 451 g/mol. The van der Waals surface area contributed by atoms with Crippen molar-refractivity contribution in [2.24, 2.45) is 0 Å². The number of alkyl carbamates (subject to hydrolysis) is 1. The first-order valence-corrected chi connectivity index (χ1v) is 10.8. The van der Waals surface area contributed by atoms with Gasteiger partial charge in [-0.3, -0.25) is 0 Å². The topological polar surface area (TPSA) is 94.1 Å². The molecule has 0 bridgehead atoms. The lowest BCUT2D eigenvalue weighted by Gasteiger charge is -2.32. The van der Waals surface area contributed by atoms with E-state index in [2.05, 4.69) is 5.32 Å². The summed E-state index contributed by atoms with van der Waals surface area (Å²) in [5.74, 6) is -1.01. The quantitative estimate of drug-likeness (QED) is 0.596. The number of rotatable bonds is 7. The molecule has 1 aliphatic heterocycles. The van der Waals surface area contributed by atoms with E-state index in [1.807, 2.05) is 65.0 Å². The van der Waals surface area contributed by atoms with E-state index in [1.54, 1.807) is 24.3 Å². The van der Waals surface area contributed by atoms with Crippen LogP contribution < -0.4 is 5.32 Å². The van der Waals surface area contributed by atoms with Crippen LogP contribution in [0, 0.1) is 6.92 Å². The van der Waals surface area contributed by atoms with Gasteiger partial charge >= 0.3 is 19.2 Å². The van der Waals surface area contributed by atoms with Crippen LogP contribution in [0.5, 0.6) is 0 Å². The van der Waals surface area contributed by atoms with Crippen molar-refractivity contribution < 1.29 is 28.7 Å². The van der Waals surface area contributed by atoms with E-state index in [0.717, 1.165) is 11.1 Å². The minimum absolute atomic E-state index is 0.112. The highest BCUT2D eigenvalue weighted by Crippen LogP contribution is 2.38. The molecule has 33 heavy (non-hydrogen) atoms. The van der Waals surface area contributed by atoms with Gasteiger partial charge in [0.05, 0.1) is 16.8 Å². The molecule has 0 aromatic heterocycles. The Hall–Kier alpha value is -3.10. The Morgan fingerprint density at radius 3 is 2.30 bits per heavy atom. The number of aryl methyl sites for hydroxylation is 1. The maximum Gasteiger partial charge on any atom is 0.492 e. The largest absolute Gasteiger partial charge is 0.492 e. The summed E-state index contributed by atoms with van der Waals surface area (Å²) >= 11 is 0. The summed E-state index contributed by atoms with van der Waals surface area (Å²) < 4.78 is 17.7. The molecule has 0 aliphatic carbocycles. The highest BCUT2D eigenvalue weighted by Gasteiger charge is 2.52. The van der Waals surface area contributed by atoms with Crippen molar-refractivity contribution in [3.05, 3.63) is 76.3 Å². The van der Waals surface area contributed by atoms with Crippen molar-refractivity contribution in [1.82, 2.24) is 5.32 Å². The minimum atomic E-state index is -1.01. The molecular weight excluding hydrogens is 421 g/mol. The van der Waals surface area contributed by atoms with Gasteiger partial charge in [-0.1, -0.05) is 42.5 Å². The normalized spacial score (nSPS) is 17.0. The molecule has 1 saturated heterocycles. The van der Waals surface area contributed by atoms with Gasteiger partial charge in [0.2, 0.25) is 0 Å². The van der Waals surface area contributed by atoms with E-state index in [1.165, 1.54) is 0 Å². The van der Waals surface area contributed by atoms with Crippen molar-refractivity contribution in [2.45, 2.75) is 52.4 Å². The Morgan fingerprint density at radius 2 is 1.70 bits per heavy atom. The fourth-order valence-corrected chi connectivity index (χ4v) is 3.27. The molecule has 0 saturated carbocycles. The molecule has 0 atom stereocenters. The number of hydrogen-bond acceptors (Lipinski definition) is 5. The zero-order chi connectivity index (χ0) is 24.2. The van der Waals surface area contributed by atoms with E-state index < -0.39 is 30.4 Å². The molecule has 0 unspecified atom stereocenters. The van der Waals surface area contributed by atoms with Crippen molar-refractivity contribution in [3.63, 3.8) is 0 Å². The molecule has 0 spiro atoms. The number of carboxylic acid groups (broad SMARTS) is 1. The van der Waals surface area contributed by atoms with Crippen LogP contribution in [0.15, 0.2) is 54.0 Å². The van der Waals surface area contributed by atoms with E-state index in [4.69, 9.17) is 14.0 Å². The SMILES string of the molecule is Cc1ccc(C(=O)O)cc1C=C(CNC(=O)OCc1ccccc1)B1OC(C)(C)C(C)(C)O1. The number of benzene rings is 2. The Labute approximate surface area is 194 Å². The van der Waals surface area contributed by atoms with Gasteiger partial charge in [0.1, 0.15) is 6.61 Å². The molecule has 2 aromatic carbocycles. The number of carboxylic acids is 1. The van der Waals surface area contributed by atoms with Gasteiger partial charge in [0.15, 0.2) is 0 Å². The van der Waals surface area contributed by atoms with Gasteiger partial charge in [-0.2, -0.15) is 0 Å². The number of nitrogens with one attached hydrogen (secondary N) is 1. The van der Waals surface area contributed by atoms with E-state index in [9.17, 15) is 14.7 Å². The Bertz CT molecular complexity index is 1030. The van der Waals surface area contributed by atoms with Crippen molar-refractivity contribution in [2.75, 3.05) is 6.54 Å². The number of ether oxygens (including phenoxy) is 1. The second kappa shape index (κ2) is 9.81. The van der Waals surface area contributed by atoms with Crippen LogP contribution in [0.2, 0.25) is 0 Å². The minimum Gasteiger partial charge on any atom is -0.478 e. The molecule has 2 aromatic rings. The second-order valence-corrected chi connectivity index (χ2v) is 9.10. The van der Waals surface area contributed by atoms with Gasteiger partial charge in [-0.15, -0.1) is 0 Å². The van der Waals surface area contributed by atoms with Crippen molar-refractivity contribution >= 4 is 25.3 Å². The third-order valence-corrected chi connectivity index (χ3v) is 6.07. The van der Waals surface area contributed by atoms with Crippen LogP contribution in [0.3, 0.4) is 0 Å². The molecule has 174 valence electrons. The lowest BCUT2D eigenvalue weighted by Crippen LogP contribution is -2.41. The fourth-order valence-electron chi connectivity index (χ4n) is 3.27. The van der Waals surface area contributed by atoms with Crippen LogP contribution in [-0.2, 0) is 20.7 Å². The lowest BCUT2D eigenvalue weighted by atomic mass is 9.76. The van der Waals surface area contributed by atoms with Crippen LogP contribution >= 0.6 is 0 Å². The molecule has 1 amide bonds. The first kappa shape index (κ1) is 24.5. The van der Waals surface area contributed by atoms with Gasteiger partial charge in [0, 0.05) is 6.54 Å². The number of carbonyl (C=O) groups excluding carboxylic acids is 1. The van der Waals surface area contributed by atoms with Crippen LogP contribution in [-0.4, -0.2) is 42.0 Å². The zero-order valence-electron chi connectivity index (χ0n) is 19.7. The molecule has 0 radical (unpaired) electrons. The molecule has 1 fully saturated rings. The van der Waals surface area contributed by atoms with Crippen LogP contribution in [0.25, 0.3) is 6.08 Å². The molecule has 3 rings (SSSR count). The number of amides is 1. The fraction of sp³-hybridized carbons (Fsp3) is 0.360. The van der Waals surface area contributed by atoms with E-state index in [-0.39, 0.29) is 18.7 Å². The standard InChI is InChI=1S/C25H30BNO6/c1-17-11-12-19(22(28)29)13-20(17)14-21(26-32-24(2,3)25(4,5)33-26)15-27-23(30)31-16-18-9-7-6-8-10-18/h6-14H,15-16H2,1-5H3,(H,27,30)(H,28,29). The predicted octanol–water partition coefficient (Wildman–Crippen LogP) is 4.63. The second-order valence-electron chi connectivity index (χ2n) is 9.10. The summed E-state index contributed by atoms with van der Waals surface area (Å²) in [6.45, 7) is 9.94. The number of hydrogen-bond donors (Lipinski definition) is 2. The third-order valence-electron chi connectivity index (χ3n) is 6.07. The van der Waals surface area contributed by atoms with Gasteiger partial charge in [-0.25, -0.2) is 9.59 Å². The Morgan fingerprint density at radius 1 is 1.06 bits per heavy atom. The molecule has 1 heterocycles. The number of aromatic carboxylic acids is 1. The average molecular weight is 451 g/mol. The summed E-state index contributed by atoms with van der Waals surface area (Å²) in [5, 5.41) is 12.1. The van der Waals surface area contributed by atoms with Crippen molar-refractivity contribution in [1.29, 1.82) is 0 Å². The third kappa shape index (κ3) is 6.03. The first-order chi connectivity index (χ1) is 15.5. The summed E-state index contributed by atoms with van der Waals surface area (Å²) in [6, 6.07) is 14.3. The average Bonchev–Trinajstić information content (AvgIpc) is 2.98. The summed E-state index contributed by atoms with van der Waals surface area (Å²) in [6.07, 6.45) is 1.23. The maximum atomic E-state index is 12.3. The van der Waals surface area contributed by atoms with Gasteiger partial charge in [0.25, 0.3) is 0 Å². The molecular formula is C25H30BNO6. The Balaban J connectivity index is 1.81. The molecule has 7 nitrogen and oxygen atoms in total.